The van der Waals surface area contributed by atoms with Crippen molar-refractivity contribution in [3.05, 3.63) is 186 Å². The van der Waals surface area contributed by atoms with Crippen LogP contribution in [0.5, 0.6) is 0 Å². The molecule has 0 amide bonds. The van der Waals surface area contributed by atoms with Gasteiger partial charge in [-0.1, -0.05) is 121 Å². The lowest BCUT2D eigenvalue weighted by molar-refractivity contribution is 0.894. The van der Waals surface area contributed by atoms with Gasteiger partial charge in [0.25, 0.3) is 5.56 Å². The van der Waals surface area contributed by atoms with Crippen LogP contribution in [0.4, 0.5) is 0 Å². The molecule has 52 heavy (non-hydrogen) atoms. The predicted octanol–water partition coefficient (Wildman–Crippen LogP) is 10.4. The van der Waals surface area contributed by atoms with Crippen molar-refractivity contribution in [2.24, 2.45) is 0 Å². The number of hydrogen-bond acceptors (Lipinski definition) is 4. The summed E-state index contributed by atoms with van der Waals surface area (Å²) in [5, 5.41) is 3.76. The average Bonchev–Trinajstić information content (AvgIpc) is 3.55. The molecule has 6 heteroatoms. The van der Waals surface area contributed by atoms with Crippen molar-refractivity contribution in [2.45, 2.75) is 0 Å². The molecule has 0 bridgehead atoms. The lowest BCUT2D eigenvalue weighted by Gasteiger charge is -2.15. The summed E-state index contributed by atoms with van der Waals surface area (Å²) in [5.41, 5.74) is 9.10. The first kappa shape index (κ1) is 29.7. The zero-order valence-corrected chi connectivity index (χ0v) is 27.9. The van der Waals surface area contributed by atoms with Crippen LogP contribution in [-0.4, -0.2) is 24.1 Å². The van der Waals surface area contributed by atoms with Gasteiger partial charge in [-0.25, -0.2) is 19.5 Å². The zero-order chi connectivity index (χ0) is 34.6. The topological polar surface area (TPSA) is 65.6 Å². The van der Waals surface area contributed by atoms with Crippen LogP contribution in [0.15, 0.2) is 181 Å². The molecular formula is C46H29N5O. The highest BCUT2D eigenvalue weighted by molar-refractivity contribution is 6.10. The van der Waals surface area contributed by atoms with Crippen molar-refractivity contribution < 1.29 is 0 Å². The molecule has 0 saturated heterocycles. The van der Waals surface area contributed by atoms with Crippen molar-refractivity contribution >= 4 is 43.6 Å². The van der Waals surface area contributed by atoms with E-state index in [1.165, 1.54) is 10.8 Å². The van der Waals surface area contributed by atoms with E-state index in [-0.39, 0.29) is 11.5 Å². The summed E-state index contributed by atoms with van der Waals surface area (Å²) < 4.78 is 3.88. The molecule has 0 spiro atoms. The largest absolute Gasteiger partial charge is 0.309 e. The molecule has 0 fully saturated rings. The summed E-state index contributed by atoms with van der Waals surface area (Å²) in [5.74, 6) is 0.748. The van der Waals surface area contributed by atoms with Crippen LogP contribution >= 0.6 is 0 Å². The second-order valence-electron chi connectivity index (χ2n) is 12.8. The fourth-order valence-electron chi connectivity index (χ4n) is 7.34. The van der Waals surface area contributed by atoms with Crippen LogP contribution in [0.25, 0.3) is 89.0 Å². The molecule has 6 nitrogen and oxygen atoms in total. The molecule has 3 heterocycles. The molecule has 0 aliphatic heterocycles. The molecule has 0 aliphatic rings. The molecule has 0 aliphatic carbocycles. The van der Waals surface area contributed by atoms with Gasteiger partial charge in [0, 0.05) is 33.0 Å². The highest BCUT2D eigenvalue weighted by Crippen LogP contribution is 2.36. The standard InChI is InChI=1S/C46H29N5O/c52-45-37-22-8-11-24-40(37)47-44(51(45)46-48-39-23-10-7-21-36(39)43(49-46)30-14-3-1-4-15-30)33-17-13-16-31(28-33)32-26-27-42-38(29-32)35-20-9-12-25-41(35)50(42)34-18-5-2-6-19-34/h1-29H. The number of nitrogens with zero attached hydrogens (tertiary/aromatic N) is 5. The minimum atomic E-state index is -0.226. The van der Waals surface area contributed by atoms with Crippen molar-refractivity contribution in [3.8, 4) is 45.4 Å². The van der Waals surface area contributed by atoms with Gasteiger partial charge in [0.05, 0.1) is 33.1 Å². The molecule has 0 N–H and O–H groups in total. The molecule has 0 saturated carbocycles. The lowest BCUT2D eigenvalue weighted by atomic mass is 10.0. The summed E-state index contributed by atoms with van der Waals surface area (Å²) in [6.45, 7) is 0. The van der Waals surface area contributed by atoms with Crippen LogP contribution in [0.2, 0.25) is 0 Å². The monoisotopic (exact) mass is 667 g/mol. The van der Waals surface area contributed by atoms with Gasteiger partial charge in [-0.2, -0.15) is 0 Å². The van der Waals surface area contributed by atoms with Crippen molar-refractivity contribution in [3.63, 3.8) is 0 Å². The highest BCUT2D eigenvalue weighted by atomic mass is 16.1. The van der Waals surface area contributed by atoms with Gasteiger partial charge in [0.1, 0.15) is 0 Å². The Morgan fingerprint density at radius 2 is 0.981 bits per heavy atom. The van der Waals surface area contributed by atoms with Crippen LogP contribution in [0, 0.1) is 0 Å². The normalized spacial score (nSPS) is 11.5. The SMILES string of the molecule is O=c1c2ccccc2nc(-c2cccc(-c3ccc4c(c3)c3ccccc3n4-c3ccccc3)c2)n1-c1nc(-c2ccccc2)c2ccccc2n1. The number of benzene rings is 7. The quantitative estimate of drug-likeness (QED) is 0.183. The van der Waals surface area contributed by atoms with Gasteiger partial charge >= 0.3 is 0 Å². The summed E-state index contributed by atoms with van der Waals surface area (Å²) in [6, 6.07) is 59.2. The Balaban J connectivity index is 1.18. The lowest BCUT2D eigenvalue weighted by Crippen LogP contribution is -2.24. The molecule has 10 aromatic rings. The van der Waals surface area contributed by atoms with Gasteiger partial charge in [0.15, 0.2) is 5.82 Å². The number of aromatic nitrogens is 5. The molecule has 0 atom stereocenters. The van der Waals surface area contributed by atoms with Crippen molar-refractivity contribution in [2.75, 3.05) is 0 Å². The maximum Gasteiger partial charge on any atom is 0.268 e. The smallest absolute Gasteiger partial charge is 0.268 e. The Morgan fingerprint density at radius 3 is 1.79 bits per heavy atom. The second-order valence-corrected chi connectivity index (χ2v) is 12.8. The van der Waals surface area contributed by atoms with Gasteiger partial charge in [-0.15, -0.1) is 0 Å². The third-order valence-corrected chi connectivity index (χ3v) is 9.76. The molecule has 3 aromatic heterocycles. The first-order valence-corrected chi connectivity index (χ1v) is 17.3. The fourth-order valence-corrected chi connectivity index (χ4v) is 7.34. The van der Waals surface area contributed by atoms with Gasteiger partial charge in [-0.3, -0.25) is 4.79 Å². The molecule has 0 unspecified atom stereocenters. The van der Waals surface area contributed by atoms with Gasteiger partial charge in [-0.05, 0) is 65.7 Å². The van der Waals surface area contributed by atoms with Crippen LogP contribution in [0.3, 0.4) is 0 Å². The molecule has 10 rings (SSSR count). The Labute approximate surface area is 298 Å². The van der Waals surface area contributed by atoms with E-state index in [4.69, 9.17) is 15.0 Å². The first-order valence-electron chi connectivity index (χ1n) is 17.3. The Bertz CT molecular complexity index is 3040. The van der Waals surface area contributed by atoms with E-state index >= 15 is 0 Å². The summed E-state index contributed by atoms with van der Waals surface area (Å²) in [7, 11) is 0. The van der Waals surface area contributed by atoms with Gasteiger partial charge < -0.3 is 4.57 Å². The first-order chi connectivity index (χ1) is 25.7. The average molecular weight is 668 g/mol. The second kappa shape index (κ2) is 12.0. The maximum absolute atomic E-state index is 14.5. The summed E-state index contributed by atoms with van der Waals surface area (Å²) >= 11 is 0. The molecule has 7 aromatic carbocycles. The van der Waals surface area contributed by atoms with Crippen molar-refractivity contribution in [1.82, 2.24) is 24.1 Å². The molecule has 0 radical (unpaired) electrons. The third-order valence-electron chi connectivity index (χ3n) is 9.76. The number of hydrogen-bond donors (Lipinski definition) is 0. The Hall–Kier alpha value is -7.18. The fraction of sp³-hybridized carbons (Fsp3) is 0. The highest BCUT2D eigenvalue weighted by Gasteiger charge is 2.20. The molecule has 244 valence electrons. The van der Waals surface area contributed by atoms with Crippen LogP contribution < -0.4 is 5.56 Å². The minimum absolute atomic E-state index is 0.226. The van der Waals surface area contributed by atoms with Crippen LogP contribution in [-0.2, 0) is 0 Å². The van der Waals surface area contributed by atoms with Crippen LogP contribution in [0.1, 0.15) is 0 Å². The maximum atomic E-state index is 14.5. The van der Waals surface area contributed by atoms with E-state index in [0.717, 1.165) is 55.6 Å². The number of fused-ring (bicyclic) bond motifs is 5. The van der Waals surface area contributed by atoms with Crippen molar-refractivity contribution in [1.29, 1.82) is 0 Å². The van der Waals surface area contributed by atoms with Gasteiger partial charge in [0.2, 0.25) is 5.95 Å². The van der Waals surface area contributed by atoms with E-state index < -0.39 is 0 Å². The van der Waals surface area contributed by atoms with E-state index in [1.807, 2.05) is 97.1 Å². The van der Waals surface area contributed by atoms with E-state index in [0.29, 0.717) is 16.7 Å². The predicted molar refractivity (Wildman–Crippen MR) is 211 cm³/mol. The Morgan fingerprint density at radius 1 is 0.385 bits per heavy atom. The van der Waals surface area contributed by atoms with E-state index in [1.54, 1.807) is 4.57 Å². The number of para-hydroxylation sites is 4. The number of rotatable bonds is 5. The minimum Gasteiger partial charge on any atom is -0.309 e. The Kier molecular flexibility index (Phi) is 6.86. The summed E-state index contributed by atoms with van der Waals surface area (Å²) in [4.78, 5) is 29.6. The summed E-state index contributed by atoms with van der Waals surface area (Å²) in [6.07, 6.45) is 0. The third kappa shape index (κ3) is 4.81. The zero-order valence-electron chi connectivity index (χ0n) is 27.9. The van der Waals surface area contributed by atoms with E-state index in [9.17, 15) is 4.79 Å². The molecular weight excluding hydrogens is 639 g/mol. The van der Waals surface area contributed by atoms with E-state index in [2.05, 4.69) is 83.4 Å².